The van der Waals surface area contributed by atoms with Gasteiger partial charge < -0.3 is 5.73 Å². The molecule has 15 heavy (non-hydrogen) atoms. The quantitative estimate of drug-likeness (QED) is 0.605. The second kappa shape index (κ2) is 2.81. The fourth-order valence-electron chi connectivity index (χ4n) is 1.52. The minimum atomic E-state index is 0.466. The van der Waals surface area contributed by atoms with E-state index in [0.717, 1.165) is 16.8 Å². The Balaban J connectivity index is 2.27. The van der Waals surface area contributed by atoms with Gasteiger partial charge in [0.1, 0.15) is 5.82 Å². The van der Waals surface area contributed by atoms with Gasteiger partial charge in [-0.1, -0.05) is 0 Å². The van der Waals surface area contributed by atoms with Crippen molar-refractivity contribution in [2.45, 2.75) is 0 Å². The van der Waals surface area contributed by atoms with Gasteiger partial charge in [-0.25, -0.2) is 4.52 Å². The highest BCUT2D eigenvalue weighted by Crippen LogP contribution is 2.22. The van der Waals surface area contributed by atoms with Crippen LogP contribution in [0.3, 0.4) is 0 Å². The van der Waals surface area contributed by atoms with Crippen molar-refractivity contribution in [3.05, 3.63) is 30.9 Å². The van der Waals surface area contributed by atoms with Gasteiger partial charge in [0.05, 0.1) is 23.6 Å². The summed E-state index contributed by atoms with van der Waals surface area (Å²) in [4.78, 5) is 4.05. The maximum atomic E-state index is 5.54. The lowest BCUT2D eigenvalue weighted by atomic mass is 10.2. The highest BCUT2D eigenvalue weighted by atomic mass is 15.2. The van der Waals surface area contributed by atoms with Crippen LogP contribution in [-0.2, 0) is 0 Å². The third kappa shape index (κ3) is 1.15. The molecule has 3 N–H and O–H groups in total. The van der Waals surface area contributed by atoms with E-state index in [1.54, 1.807) is 35.4 Å². The van der Waals surface area contributed by atoms with Gasteiger partial charge in [0, 0.05) is 24.0 Å². The number of nitrogens with two attached hydrogens (primary N) is 1. The van der Waals surface area contributed by atoms with Crippen LogP contribution in [0.15, 0.2) is 30.9 Å². The number of fused-ring (bicyclic) bond motifs is 1. The first kappa shape index (κ1) is 7.98. The molecule has 0 saturated heterocycles. The Bertz CT molecular complexity index is 608. The van der Waals surface area contributed by atoms with Crippen molar-refractivity contribution in [3.8, 4) is 11.3 Å². The smallest absolute Gasteiger partial charge is 0.145 e. The fraction of sp³-hybridized carbons (Fsp3) is 0. The molecule has 0 atom stereocenters. The maximum Gasteiger partial charge on any atom is 0.145 e. The van der Waals surface area contributed by atoms with E-state index in [1.165, 1.54) is 0 Å². The average Bonchev–Trinajstić information content (AvgIpc) is 2.83. The van der Waals surface area contributed by atoms with E-state index >= 15 is 0 Å². The zero-order chi connectivity index (χ0) is 10.3. The maximum absolute atomic E-state index is 5.54. The van der Waals surface area contributed by atoms with E-state index in [9.17, 15) is 0 Å². The predicted octanol–water partition coefficient (Wildman–Crippen LogP) is 0.702. The highest BCUT2D eigenvalue weighted by molar-refractivity contribution is 5.77. The van der Waals surface area contributed by atoms with E-state index in [0.29, 0.717) is 5.82 Å². The van der Waals surface area contributed by atoms with E-state index in [1.807, 2.05) is 0 Å². The minimum absolute atomic E-state index is 0.466. The van der Waals surface area contributed by atoms with E-state index < -0.39 is 0 Å². The predicted molar refractivity (Wildman–Crippen MR) is 55.0 cm³/mol. The van der Waals surface area contributed by atoms with Gasteiger partial charge in [-0.2, -0.15) is 10.2 Å². The molecule has 0 bridgehead atoms. The van der Waals surface area contributed by atoms with Crippen molar-refractivity contribution in [1.29, 1.82) is 0 Å². The van der Waals surface area contributed by atoms with Crippen molar-refractivity contribution in [3.63, 3.8) is 0 Å². The number of anilines is 1. The molecule has 6 nitrogen and oxygen atoms in total. The van der Waals surface area contributed by atoms with Crippen molar-refractivity contribution < 1.29 is 0 Å². The summed E-state index contributed by atoms with van der Waals surface area (Å²) >= 11 is 0. The minimum Gasteiger partial charge on any atom is -0.382 e. The monoisotopic (exact) mass is 200 g/mol. The highest BCUT2D eigenvalue weighted by Gasteiger charge is 2.08. The molecule has 0 amide bonds. The van der Waals surface area contributed by atoms with Crippen LogP contribution in [0, 0.1) is 0 Å². The second-order valence-electron chi connectivity index (χ2n) is 3.17. The van der Waals surface area contributed by atoms with Crippen molar-refractivity contribution in [1.82, 2.24) is 24.8 Å². The molecule has 0 aromatic carbocycles. The number of hydrogen-bond acceptors (Lipinski definition) is 4. The van der Waals surface area contributed by atoms with Crippen LogP contribution in [0.4, 0.5) is 5.82 Å². The van der Waals surface area contributed by atoms with Crippen molar-refractivity contribution in [2.24, 2.45) is 0 Å². The zero-order valence-corrected chi connectivity index (χ0v) is 7.75. The van der Waals surface area contributed by atoms with Crippen LogP contribution < -0.4 is 5.73 Å². The molecule has 3 aromatic heterocycles. The van der Waals surface area contributed by atoms with Gasteiger partial charge >= 0.3 is 0 Å². The molecule has 74 valence electrons. The van der Waals surface area contributed by atoms with Crippen LogP contribution in [0.1, 0.15) is 0 Å². The summed E-state index contributed by atoms with van der Waals surface area (Å²) in [7, 11) is 0. The number of H-pyrrole nitrogens is 1. The first-order chi connectivity index (χ1) is 7.34. The van der Waals surface area contributed by atoms with Crippen LogP contribution in [0.2, 0.25) is 0 Å². The molecule has 3 heterocycles. The Labute approximate surface area is 84.8 Å². The Kier molecular flexibility index (Phi) is 1.49. The normalized spacial score (nSPS) is 10.9. The first-order valence-electron chi connectivity index (χ1n) is 4.43. The lowest BCUT2D eigenvalue weighted by Gasteiger charge is -1.93. The molecule has 0 unspecified atom stereocenters. The molecule has 0 radical (unpaired) electrons. The lowest BCUT2D eigenvalue weighted by molar-refractivity contribution is 0.946. The summed E-state index contributed by atoms with van der Waals surface area (Å²) in [6.07, 6.45) is 6.98. The van der Waals surface area contributed by atoms with Crippen LogP contribution in [-0.4, -0.2) is 24.8 Å². The number of nitrogen functional groups attached to an aromatic ring is 1. The summed E-state index contributed by atoms with van der Waals surface area (Å²) < 4.78 is 1.75. The first-order valence-corrected chi connectivity index (χ1v) is 4.43. The van der Waals surface area contributed by atoms with E-state index in [2.05, 4.69) is 20.3 Å². The number of aromatic amines is 1. The van der Waals surface area contributed by atoms with Crippen LogP contribution in [0.5, 0.6) is 0 Å². The largest absolute Gasteiger partial charge is 0.382 e. The van der Waals surface area contributed by atoms with Gasteiger partial charge in [-0.05, 0) is 0 Å². The Hall–Kier alpha value is -2.37. The molecule has 3 rings (SSSR count). The van der Waals surface area contributed by atoms with Gasteiger partial charge in [-0.3, -0.25) is 10.1 Å². The molecule has 0 aliphatic carbocycles. The molecular weight excluding hydrogens is 192 g/mol. The molecule has 0 aliphatic heterocycles. The summed E-state index contributed by atoms with van der Waals surface area (Å²) in [5, 5.41) is 10.9. The van der Waals surface area contributed by atoms with Gasteiger partial charge in [-0.15, -0.1) is 0 Å². The topological polar surface area (TPSA) is 84.9 Å². The standard InChI is InChI=1S/C9H8N6/c10-9-3-7(13-14-9)6-4-12-15-2-1-11-5-8(6)15/h1-5H,(H3,10,13,14). The Morgan fingerprint density at radius 1 is 1.33 bits per heavy atom. The second-order valence-corrected chi connectivity index (χ2v) is 3.17. The van der Waals surface area contributed by atoms with Gasteiger partial charge in [0.25, 0.3) is 0 Å². The molecule has 6 heteroatoms. The van der Waals surface area contributed by atoms with Crippen molar-refractivity contribution >= 4 is 11.3 Å². The molecule has 0 spiro atoms. The fourth-order valence-corrected chi connectivity index (χ4v) is 1.52. The molecular formula is C9H8N6. The number of aromatic nitrogens is 5. The van der Waals surface area contributed by atoms with Crippen LogP contribution >= 0.6 is 0 Å². The summed E-state index contributed by atoms with van der Waals surface area (Å²) in [5.41, 5.74) is 8.24. The number of rotatable bonds is 1. The zero-order valence-electron chi connectivity index (χ0n) is 7.75. The number of hydrogen-bond donors (Lipinski definition) is 2. The van der Waals surface area contributed by atoms with Crippen molar-refractivity contribution in [2.75, 3.05) is 5.73 Å². The molecule has 0 aliphatic rings. The Morgan fingerprint density at radius 3 is 3.07 bits per heavy atom. The van der Waals surface area contributed by atoms with E-state index in [4.69, 9.17) is 5.73 Å². The third-order valence-electron chi connectivity index (χ3n) is 2.21. The summed E-state index contributed by atoms with van der Waals surface area (Å²) in [6.45, 7) is 0. The average molecular weight is 200 g/mol. The SMILES string of the molecule is Nc1cc(-c2cnn3ccncc23)[nH]n1. The third-order valence-corrected chi connectivity index (χ3v) is 2.21. The van der Waals surface area contributed by atoms with Gasteiger partial charge in [0.2, 0.25) is 0 Å². The lowest BCUT2D eigenvalue weighted by Crippen LogP contribution is -1.86. The van der Waals surface area contributed by atoms with Gasteiger partial charge in [0.15, 0.2) is 0 Å². The molecule has 0 saturated carbocycles. The molecule has 0 fully saturated rings. The summed E-state index contributed by atoms with van der Waals surface area (Å²) in [5.74, 6) is 0.466. The molecule has 3 aromatic rings. The number of nitrogens with one attached hydrogen (secondary N) is 1. The number of nitrogens with zero attached hydrogens (tertiary/aromatic N) is 4. The summed E-state index contributed by atoms with van der Waals surface area (Å²) in [6, 6.07) is 1.77. The Morgan fingerprint density at radius 2 is 2.27 bits per heavy atom. The van der Waals surface area contributed by atoms with E-state index in [-0.39, 0.29) is 0 Å². The van der Waals surface area contributed by atoms with Crippen LogP contribution in [0.25, 0.3) is 16.8 Å².